The van der Waals surface area contributed by atoms with Crippen molar-refractivity contribution in [2.75, 3.05) is 0 Å². The van der Waals surface area contributed by atoms with Gasteiger partial charge in [0.15, 0.2) is 0 Å². The summed E-state index contributed by atoms with van der Waals surface area (Å²) in [5.74, 6) is 1.03. The second-order valence-electron chi connectivity index (χ2n) is 4.01. The Morgan fingerprint density at radius 2 is 2.28 bits per heavy atom. The number of halogens is 1. The average Bonchev–Trinajstić information content (AvgIpc) is 2.76. The first kappa shape index (κ1) is 12.8. The summed E-state index contributed by atoms with van der Waals surface area (Å²) in [4.78, 5) is 4.35. The lowest BCUT2D eigenvalue weighted by molar-refractivity contribution is 0.808. The maximum Gasteiger partial charge on any atom is 0.126 e. The number of hydrogen-bond acceptors (Lipinski definition) is 2. The monoisotopic (exact) mass is 306 g/mol. The van der Waals surface area contributed by atoms with E-state index in [4.69, 9.17) is 11.1 Å². The number of nitrogen functional groups attached to an aromatic ring is 1. The highest BCUT2D eigenvalue weighted by Gasteiger charge is 2.13. The summed E-state index contributed by atoms with van der Waals surface area (Å²) in [5, 5.41) is 7.71. The van der Waals surface area contributed by atoms with E-state index in [0.29, 0.717) is 5.56 Å². The SMILES string of the molecule is CCCc1nccn1-c1cccc(Br)c1C(=N)N. The maximum atomic E-state index is 7.71. The molecule has 3 N–H and O–H groups in total. The first-order valence-electron chi connectivity index (χ1n) is 5.80. The van der Waals surface area contributed by atoms with Gasteiger partial charge in [0.2, 0.25) is 0 Å². The number of imidazole rings is 1. The molecular formula is C13H15BrN4. The fraction of sp³-hybridized carbons (Fsp3) is 0.231. The molecule has 1 aromatic heterocycles. The van der Waals surface area contributed by atoms with E-state index in [9.17, 15) is 0 Å². The number of benzene rings is 1. The lowest BCUT2D eigenvalue weighted by Crippen LogP contribution is -2.16. The molecule has 1 aromatic carbocycles. The molecule has 0 aliphatic heterocycles. The first-order chi connectivity index (χ1) is 8.65. The zero-order valence-electron chi connectivity index (χ0n) is 10.2. The predicted octanol–water partition coefficient (Wildman–Crippen LogP) is 2.87. The van der Waals surface area contributed by atoms with Crippen molar-refractivity contribution in [3.63, 3.8) is 0 Å². The normalized spacial score (nSPS) is 10.6. The molecule has 0 aliphatic carbocycles. The molecule has 0 unspecified atom stereocenters. The van der Waals surface area contributed by atoms with Gasteiger partial charge < -0.3 is 10.3 Å². The molecule has 0 radical (unpaired) electrons. The molecule has 0 amide bonds. The minimum absolute atomic E-state index is 0.0497. The van der Waals surface area contributed by atoms with Crippen LogP contribution in [0, 0.1) is 5.41 Å². The van der Waals surface area contributed by atoms with E-state index in [1.807, 2.05) is 29.0 Å². The van der Waals surface area contributed by atoms with Crippen molar-refractivity contribution in [2.24, 2.45) is 5.73 Å². The topological polar surface area (TPSA) is 67.7 Å². The molecule has 0 aliphatic rings. The molecule has 2 aromatic rings. The average molecular weight is 307 g/mol. The molecule has 0 saturated heterocycles. The van der Waals surface area contributed by atoms with Crippen molar-refractivity contribution < 1.29 is 0 Å². The first-order valence-corrected chi connectivity index (χ1v) is 6.60. The van der Waals surface area contributed by atoms with Crippen LogP contribution in [0.15, 0.2) is 35.1 Å². The lowest BCUT2D eigenvalue weighted by atomic mass is 10.1. The molecular weight excluding hydrogens is 292 g/mol. The van der Waals surface area contributed by atoms with E-state index in [1.165, 1.54) is 0 Å². The van der Waals surface area contributed by atoms with Gasteiger partial charge in [0, 0.05) is 23.3 Å². The van der Waals surface area contributed by atoms with Crippen LogP contribution in [0.4, 0.5) is 0 Å². The summed E-state index contributed by atoms with van der Waals surface area (Å²) in [6.45, 7) is 2.12. The molecule has 4 nitrogen and oxygen atoms in total. The molecule has 0 atom stereocenters. The van der Waals surface area contributed by atoms with Crippen LogP contribution in [0.5, 0.6) is 0 Å². The van der Waals surface area contributed by atoms with Crippen molar-refractivity contribution in [1.29, 1.82) is 5.41 Å². The Labute approximate surface area is 114 Å². The van der Waals surface area contributed by atoms with Gasteiger partial charge in [-0.15, -0.1) is 0 Å². The summed E-state index contributed by atoms with van der Waals surface area (Å²) in [7, 11) is 0. The summed E-state index contributed by atoms with van der Waals surface area (Å²) in [6, 6.07) is 5.76. The quantitative estimate of drug-likeness (QED) is 0.673. The summed E-state index contributed by atoms with van der Waals surface area (Å²) < 4.78 is 2.81. The Balaban J connectivity index is 2.60. The molecule has 94 valence electrons. The van der Waals surface area contributed by atoms with E-state index >= 15 is 0 Å². The number of amidine groups is 1. The number of nitrogens with one attached hydrogen (secondary N) is 1. The van der Waals surface area contributed by atoms with E-state index < -0.39 is 0 Å². The summed E-state index contributed by atoms with van der Waals surface area (Å²) in [5.41, 5.74) is 7.25. The van der Waals surface area contributed by atoms with Crippen molar-refractivity contribution >= 4 is 21.8 Å². The van der Waals surface area contributed by atoms with Gasteiger partial charge in [-0.05, 0) is 34.5 Å². The van der Waals surface area contributed by atoms with Crippen molar-refractivity contribution in [1.82, 2.24) is 9.55 Å². The van der Waals surface area contributed by atoms with Gasteiger partial charge in [-0.25, -0.2) is 4.98 Å². The Morgan fingerprint density at radius 1 is 1.50 bits per heavy atom. The Bertz CT molecular complexity index is 574. The molecule has 1 heterocycles. The van der Waals surface area contributed by atoms with Gasteiger partial charge in [-0.3, -0.25) is 5.41 Å². The molecule has 0 fully saturated rings. The number of aryl methyl sites for hydroxylation is 1. The summed E-state index contributed by atoms with van der Waals surface area (Å²) >= 11 is 3.44. The van der Waals surface area contributed by atoms with E-state index in [2.05, 4.69) is 27.8 Å². The number of nitrogens with two attached hydrogens (primary N) is 1. The third kappa shape index (κ3) is 2.31. The Hall–Kier alpha value is -1.62. The largest absolute Gasteiger partial charge is 0.384 e. The third-order valence-electron chi connectivity index (χ3n) is 2.71. The highest BCUT2D eigenvalue weighted by atomic mass is 79.9. The van der Waals surface area contributed by atoms with Crippen LogP contribution < -0.4 is 5.73 Å². The Kier molecular flexibility index (Phi) is 3.81. The number of hydrogen-bond donors (Lipinski definition) is 2. The third-order valence-corrected chi connectivity index (χ3v) is 3.37. The van der Waals surface area contributed by atoms with Gasteiger partial charge in [0.1, 0.15) is 11.7 Å². The lowest BCUT2D eigenvalue weighted by Gasteiger charge is -2.13. The van der Waals surface area contributed by atoms with Crippen molar-refractivity contribution in [3.8, 4) is 5.69 Å². The van der Waals surface area contributed by atoms with Gasteiger partial charge in [0.05, 0.1) is 11.3 Å². The van der Waals surface area contributed by atoms with Crippen LogP contribution >= 0.6 is 15.9 Å². The second-order valence-corrected chi connectivity index (χ2v) is 4.87. The zero-order valence-corrected chi connectivity index (χ0v) is 11.7. The maximum absolute atomic E-state index is 7.71. The second kappa shape index (κ2) is 5.35. The number of aromatic nitrogens is 2. The smallest absolute Gasteiger partial charge is 0.126 e. The van der Waals surface area contributed by atoms with E-state index in [-0.39, 0.29) is 5.84 Å². The minimum atomic E-state index is 0.0497. The molecule has 0 bridgehead atoms. The zero-order chi connectivity index (χ0) is 13.1. The van der Waals surface area contributed by atoms with E-state index in [0.717, 1.165) is 28.8 Å². The van der Waals surface area contributed by atoms with Crippen LogP contribution in [0.2, 0.25) is 0 Å². The highest BCUT2D eigenvalue weighted by molar-refractivity contribution is 9.10. The van der Waals surface area contributed by atoms with Gasteiger partial charge in [0.25, 0.3) is 0 Å². The predicted molar refractivity (Wildman–Crippen MR) is 76.3 cm³/mol. The van der Waals surface area contributed by atoms with Crippen LogP contribution in [0.25, 0.3) is 5.69 Å². The van der Waals surface area contributed by atoms with Crippen LogP contribution in [0.3, 0.4) is 0 Å². The van der Waals surface area contributed by atoms with Gasteiger partial charge in [-0.1, -0.05) is 13.0 Å². The van der Waals surface area contributed by atoms with Gasteiger partial charge in [-0.2, -0.15) is 0 Å². The minimum Gasteiger partial charge on any atom is -0.384 e. The van der Waals surface area contributed by atoms with Crippen LogP contribution in [0.1, 0.15) is 24.7 Å². The van der Waals surface area contributed by atoms with Gasteiger partial charge >= 0.3 is 0 Å². The fourth-order valence-corrected chi connectivity index (χ4v) is 2.51. The molecule has 18 heavy (non-hydrogen) atoms. The fourth-order valence-electron chi connectivity index (χ4n) is 1.94. The highest BCUT2D eigenvalue weighted by Crippen LogP contribution is 2.24. The molecule has 5 heteroatoms. The summed E-state index contributed by atoms with van der Waals surface area (Å²) in [6.07, 6.45) is 5.60. The Morgan fingerprint density at radius 3 is 2.94 bits per heavy atom. The number of nitrogens with zero attached hydrogens (tertiary/aromatic N) is 2. The van der Waals surface area contributed by atoms with Crippen LogP contribution in [-0.4, -0.2) is 15.4 Å². The number of rotatable bonds is 4. The van der Waals surface area contributed by atoms with E-state index in [1.54, 1.807) is 6.20 Å². The van der Waals surface area contributed by atoms with Crippen molar-refractivity contribution in [2.45, 2.75) is 19.8 Å². The molecule has 0 spiro atoms. The molecule has 2 rings (SSSR count). The van der Waals surface area contributed by atoms with Crippen molar-refractivity contribution in [3.05, 3.63) is 46.5 Å². The standard InChI is InChI=1S/C13H15BrN4/c1-2-4-11-17-7-8-18(11)10-6-3-5-9(14)12(10)13(15)16/h3,5-8H,2,4H2,1H3,(H3,15,16). The van der Waals surface area contributed by atoms with Crippen LogP contribution in [-0.2, 0) is 6.42 Å². The molecule has 0 saturated carbocycles.